The minimum Gasteiger partial charge on any atom is -0.497 e. The van der Waals surface area contributed by atoms with Crippen molar-refractivity contribution in [3.8, 4) is 5.75 Å². The van der Waals surface area contributed by atoms with E-state index in [1.165, 1.54) is 5.56 Å². The van der Waals surface area contributed by atoms with Gasteiger partial charge in [0.2, 0.25) is 5.91 Å². The first kappa shape index (κ1) is 18.2. The summed E-state index contributed by atoms with van der Waals surface area (Å²) >= 11 is 0. The summed E-state index contributed by atoms with van der Waals surface area (Å²) in [6.45, 7) is 6.20. The van der Waals surface area contributed by atoms with E-state index in [0.717, 1.165) is 44.9 Å². The third-order valence-corrected chi connectivity index (χ3v) is 4.46. The minimum absolute atomic E-state index is 0.339. The number of nitrogens with zero attached hydrogens (tertiary/aromatic N) is 2. The molecule has 132 valence electrons. The lowest BCUT2D eigenvalue weighted by Gasteiger charge is -2.37. The molecule has 1 heterocycles. The molecule has 3 amide bonds. The number of imide groups is 1. The summed E-state index contributed by atoms with van der Waals surface area (Å²) in [7, 11) is 1.67. The van der Waals surface area contributed by atoms with Crippen LogP contribution in [0.5, 0.6) is 5.75 Å². The van der Waals surface area contributed by atoms with Crippen molar-refractivity contribution in [1.82, 2.24) is 15.1 Å². The number of rotatable bonds is 6. The average molecular weight is 334 g/mol. The fourth-order valence-corrected chi connectivity index (χ4v) is 2.85. The third kappa shape index (κ3) is 5.21. The number of amides is 3. The number of nitrogens with two attached hydrogens (primary N) is 1. The molecule has 1 aromatic rings. The third-order valence-electron chi connectivity index (χ3n) is 4.46. The van der Waals surface area contributed by atoms with Gasteiger partial charge >= 0.3 is 6.03 Å². The van der Waals surface area contributed by atoms with E-state index in [0.29, 0.717) is 0 Å². The molecule has 7 nitrogen and oxygen atoms in total. The van der Waals surface area contributed by atoms with Crippen molar-refractivity contribution in [1.29, 1.82) is 0 Å². The number of nitrogens with one attached hydrogen (secondary N) is 1. The van der Waals surface area contributed by atoms with Gasteiger partial charge in [0, 0.05) is 32.7 Å². The maximum atomic E-state index is 11.8. The van der Waals surface area contributed by atoms with Gasteiger partial charge in [-0.25, -0.2) is 4.79 Å². The largest absolute Gasteiger partial charge is 0.497 e. The predicted molar refractivity (Wildman–Crippen MR) is 91.9 cm³/mol. The highest BCUT2D eigenvalue weighted by molar-refractivity contribution is 5.96. The molecule has 0 aromatic heterocycles. The number of carbonyl (C=O) groups is 2. The number of hydrogen-bond donors (Lipinski definition) is 2. The molecule has 1 atom stereocenters. The standard InChI is InChI=1S/C17H26N4O3/c1-13(16(22)19-17(18)23)21-11-9-20(10-12-21)8-7-14-3-5-15(24-2)6-4-14/h3-6,13H,7-12H2,1-2H3,(H3,18,19,22,23). The van der Waals surface area contributed by atoms with Crippen LogP contribution in [0, 0.1) is 0 Å². The summed E-state index contributed by atoms with van der Waals surface area (Å²) in [5, 5.41) is 2.14. The highest BCUT2D eigenvalue weighted by Crippen LogP contribution is 2.13. The number of methoxy groups -OCH3 is 1. The first-order chi connectivity index (χ1) is 11.5. The van der Waals surface area contributed by atoms with E-state index in [9.17, 15) is 9.59 Å². The lowest BCUT2D eigenvalue weighted by Crippen LogP contribution is -2.55. The molecule has 1 saturated heterocycles. The van der Waals surface area contributed by atoms with Crippen molar-refractivity contribution in [3.63, 3.8) is 0 Å². The highest BCUT2D eigenvalue weighted by Gasteiger charge is 2.25. The zero-order valence-electron chi connectivity index (χ0n) is 14.3. The fraction of sp³-hybridized carbons (Fsp3) is 0.529. The number of urea groups is 1. The number of carbonyl (C=O) groups excluding carboxylic acids is 2. The van der Waals surface area contributed by atoms with E-state index in [-0.39, 0.29) is 11.9 Å². The number of benzene rings is 1. The van der Waals surface area contributed by atoms with Gasteiger partial charge in [-0.15, -0.1) is 0 Å². The highest BCUT2D eigenvalue weighted by atomic mass is 16.5. The van der Waals surface area contributed by atoms with Gasteiger partial charge in [0.25, 0.3) is 0 Å². The lowest BCUT2D eigenvalue weighted by molar-refractivity contribution is -0.125. The molecular weight excluding hydrogens is 308 g/mol. The van der Waals surface area contributed by atoms with Crippen molar-refractivity contribution in [3.05, 3.63) is 29.8 Å². The Hall–Kier alpha value is -2.12. The summed E-state index contributed by atoms with van der Waals surface area (Å²) in [4.78, 5) is 27.0. The molecular formula is C17H26N4O3. The monoisotopic (exact) mass is 334 g/mol. The van der Waals surface area contributed by atoms with Crippen LogP contribution in [0.2, 0.25) is 0 Å². The molecule has 0 radical (unpaired) electrons. The van der Waals surface area contributed by atoms with Crippen LogP contribution in [-0.2, 0) is 11.2 Å². The van der Waals surface area contributed by atoms with E-state index >= 15 is 0 Å². The maximum absolute atomic E-state index is 11.8. The predicted octanol–water partition coefficient (Wildman–Crippen LogP) is 0.439. The van der Waals surface area contributed by atoms with Crippen LogP contribution in [-0.4, -0.2) is 67.6 Å². The summed E-state index contributed by atoms with van der Waals surface area (Å²) < 4.78 is 5.16. The van der Waals surface area contributed by atoms with Gasteiger partial charge in [0.1, 0.15) is 5.75 Å². The summed E-state index contributed by atoms with van der Waals surface area (Å²) in [5.74, 6) is 0.532. The first-order valence-electron chi connectivity index (χ1n) is 8.19. The number of piperazine rings is 1. The molecule has 0 aliphatic carbocycles. The van der Waals surface area contributed by atoms with Gasteiger partial charge in [0.15, 0.2) is 0 Å². The van der Waals surface area contributed by atoms with Crippen LogP contribution in [0.25, 0.3) is 0 Å². The molecule has 0 bridgehead atoms. The maximum Gasteiger partial charge on any atom is 0.318 e. The molecule has 1 fully saturated rings. The zero-order valence-corrected chi connectivity index (χ0v) is 14.3. The van der Waals surface area contributed by atoms with Crippen molar-refractivity contribution >= 4 is 11.9 Å². The Morgan fingerprint density at radius 2 is 1.83 bits per heavy atom. The molecule has 7 heteroatoms. The van der Waals surface area contributed by atoms with Crippen LogP contribution >= 0.6 is 0 Å². The summed E-state index contributed by atoms with van der Waals surface area (Å²) in [5.41, 5.74) is 6.27. The Labute approximate surface area is 142 Å². The fourth-order valence-electron chi connectivity index (χ4n) is 2.85. The second kappa shape index (κ2) is 8.65. The topological polar surface area (TPSA) is 87.9 Å². The Bertz CT molecular complexity index is 553. The van der Waals surface area contributed by atoms with Crippen LogP contribution in [0.4, 0.5) is 4.79 Å². The van der Waals surface area contributed by atoms with Gasteiger partial charge in [-0.1, -0.05) is 12.1 Å². The molecule has 24 heavy (non-hydrogen) atoms. The van der Waals surface area contributed by atoms with E-state index < -0.39 is 6.03 Å². The van der Waals surface area contributed by atoms with Gasteiger partial charge in [-0.3, -0.25) is 15.0 Å². The molecule has 2 rings (SSSR count). The number of hydrogen-bond acceptors (Lipinski definition) is 5. The van der Waals surface area contributed by atoms with E-state index in [1.54, 1.807) is 14.0 Å². The van der Waals surface area contributed by atoms with Gasteiger partial charge in [-0.2, -0.15) is 0 Å². The number of ether oxygens (including phenoxy) is 1. The molecule has 0 spiro atoms. The normalized spacial score (nSPS) is 17.2. The number of primary amides is 1. The van der Waals surface area contributed by atoms with Gasteiger partial charge in [-0.05, 0) is 31.0 Å². The van der Waals surface area contributed by atoms with Crippen molar-refractivity contribution in [2.45, 2.75) is 19.4 Å². The molecule has 0 saturated carbocycles. The molecule has 1 aliphatic heterocycles. The van der Waals surface area contributed by atoms with E-state index in [1.807, 2.05) is 12.1 Å². The Kier molecular flexibility index (Phi) is 6.57. The smallest absolute Gasteiger partial charge is 0.318 e. The van der Waals surface area contributed by atoms with Gasteiger partial charge in [0.05, 0.1) is 13.2 Å². The Morgan fingerprint density at radius 1 is 1.21 bits per heavy atom. The van der Waals surface area contributed by atoms with Gasteiger partial charge < -0.3 is 15.4 Å². The SMILES string of the molecule is COc1ccc(CCN2CCN(C(C)C(=O)NC(N)=O)CC2)cc1. The quantitative estimate of drug-likeness (QED) is 0.788. The summed E-state index contributed by atoms with van der Waals surface area (Å²) in [6.07, 6.45) is 0.988. The first-order valence-corrected chi connectivity index (χ1v) is 8.19. The van der Waals surface area contributed by atoms with Crippen LogP contribution in [0.3, 0.4) is 0 Å². The van der Waals surface area contributed by atoms with E-state index in [2.05, 4.69) is 27.2 Å². The molecule has 3 N–H and O–H groups in total. The Morgan fingerprint density at radius 3 is 2.38 bits per heavy atom. The minimum atomic E-state index is -0.801. The van der Waals surface area contributed by atoms with Crippen molar-refractivity contribution < 1.29 is 14.3 Å². The lowest BCUT2D eigenvalue weighted by atomic mass is 10.1. The molecule has 1 unspecified atom stereocenters. The van der Waals surface area contributed by atoms with Crippen molar-refractivity contribution in [2.24, 2.45) is 5.73 Å². The second-order valence-corrected chi connectivity index (χ2v) is 6.01. The Balaban J connectivity index is 1.74. The van der Waals surface area contributed by atoms with Crippen LogP contribution < -0.4 is 15.8 Å². The van der Waals surface area contributed by atoms with Crippen LogP contribution in [0.1, 0.15) is 12.5 Å². The molecule has 1 aliphatic rings. The zero-order chi connectivity index (χ0) is 17.5. The summed E-state index contributed by atoms with van der Waals surface area (Å²) in [6, 6.07) is 6.99. The van der Waals surface area contributed by atoms with Crippen molar-refractivity contribution in [2.75, 3.05) is 39.8 Å². The second-order valence-electron chi connectivity index (χ2n) is 6.01. The van der Waals surface area contributed by atoms with Crippen LogP contribution in [0.15, 0.2) is 24.3 Å². The van der Waals surface area contributed by atoms with E-state index in [4.69, 9.17) is 10.5 Å². The molecule has 1 aromatic carbocycles. The average Bonchev–Trinajstić information content (AvgIpc) is 2.59.